The second-order valence-corrected chi connectivity index (χ2v) is 3.80. The molecule has 0 atom stereocenters. The monoisotopic (exact) mass is 257 g/mol. The van der Waals surface area contributed by atoms with Crippen LogP contribution in [0.15, 0.2) is 18.2 Å². The molecule has 0 aromatic heterocycles. The van der Waals surface area contributed by atoms with E-state index in [9.17, 15) is 13.2 Å². The van der Waals surface area contributed by atoms with Gasteiger partial charge in [0.05, 0.1) is 6.54 Å². The first-order valence-electron chi connectivity index (χ1n) is 4.10. The number of halogens is 5. The molecule has 1 aromatic rings. The maximum Gasteiger partial charge on any atom is 0.401 e. The first-order chi connectivity index (χ1) is 6.88. The summed E-state index contributed by atoms with van der Waals surface area (Å²) in [5, 5.41) is 3.09. The second kappa shape index (κ2) is 5.05. The zero-order valence-electron chi connectivity index (χ0n) is 7.54. The molecule has 0 aliphatic rings. The van der Waals surface area contributed by atoms with Gasteiger partial charge in [-0.25, -0.2) is 0 Å². The zero-order chi connectivity index (χ0) is 11.5. The molecule has 0 aliphatic heterocycles. The van der Waals surface area contributed by atoms with Crippen molar-refractivity contribution < 1.29 is 13.2 Å². The van der Waals surface area contributed by atoms with E-state index in [0.29, 0.717) is 15.6 Å². The van der Waals surface area contributed by atoms with Crippen molar-refractivity contribution in [3.05, 3.63) is 33.8 Å². The lowest BCUT2D eigenvalue weighted by atomic mass is 10.2. The van der Waals surface area contributed by atoms with Gasteiger partial charge in [-0.2, -0.15) is 13.2 Å². The van der Waals surface area contributed by atoms with Crippen LogP contribution in [0.4, 0.5) is 13.2 Å². The lowest BCUT2D eigenvalue weighted by molar-refractivity contribution is -0.125. The predicted molar refractivity (Wildman–Crippen MR) is 54.2 cm³/mol. The Morgan fingerprint density at radius 3 is 2.47 bits per heavy atom. The molecule has 6 heteroatoms. The van der Waals surface area contributed by atoms with Crippen molar-refractivity contribution in [2.75, 3.05) is 6.54 Å². The minimum atomic E-state index is -4.22. The van der Waals surface area contributed by atoms with Crippen LogP contribution < -0.4 is 5.32 Å². The SMILES string of the molecule is FC(F)(F)CNCc1cc(Cl)ccc1Cl. The average Bonchev–Trinajstić information content (AvgIpc) is 2.09. The number of benzene rings is 1. The normalized spacial score (nSPS) is 11.8. The summed E-state index contributed by atoms with van der Waals surface area (Å²) in [6, 6.07) is 4.67. The van der Waals surface area contributed by atoms with E-state index in [1.165, 1.54) is 6.07 Å². The molecule has 84 valence electrons. The average molecular weight is 258 g/mol. The fourth-order valence-corrected chi connectivity index (χ4v) is 1.40. The highest BCUT2D eigenvalue weighted by Gasteiger charge is 2.26. The Balaban J connectivity index is 2.54. The number of hydrogen-bond donors (Lipinski definition) is 1. The van der Waals surface area contributed by atoms with Crippen LogP contribution in [0.1, 0.15) is 5.56 Å². The Labute approximate surface area is 95.2 Å². The van der Waals surface area contributed by atoms with Crippen molar-refractivity contribution in [3.63, 3.8) is 0 Å². The summed E-state index contributed by atoms with van der Waals surface area (Å²) in [5.74, 6) is 0. The van der Waals surface area contributed by atoms with E-state index in [4.69, 9.17) is 23.2 Å². The molecule has 0 radical (unpaired) electrons. The summed E-state index contributed by atoms with van der Waals surface area (Å²) >= 11 is 11.4. The fraction of sp³-hybridized carbons (Fsp3) is 0.333. The largest absolute Gasteiger partial charge is 0.401 e. The van der Waals surface area contributed by atoms with Crippen molar-refractivity contribution in [3.8, 4) is 0 Å². The Kier molecular flexibility index (Phi) is 4.25. The van der Waals surface area contributed by atoms with Crippen LogP contribution >= 0.6 is 23.2 Å². The van der Waals surface area contributed by atoms with E-state index >= 15 is 0 Å². The standard InChI is InChI=1S/C9H8Cl2F3N/c10-7-1-2-8(11)6(3-7)4-15-5-9(12,13)14/h1-3,15H,4-5H2. The van der Waals surface area contributed by atoms with Gasteiger partial charge in [0.1, 0.15) is 0 Å². The molecule has 15 heavy (non-hydrogen) atoms. The molecule has 1 N–H and O–H groups in total. The van der Waals surface area contributed by atoms with Crippen molar-refractivity contribution in [2.45, 2.75) is 12.7 Å². The highest BCUT2D eigenvalue weighted by atomic mass is 35.5. The molecular weight excluding hydrogens is 250 g/mol. The fourth-order valence-electron chi connectivity index (χ4n) is 1.02. The third-order valence-electron chi connectivity index (χ3n) is 1.65. The van der Waals surface area contributed by atoms with E-state index in [2.05, 4.69) is 5.32 Å². The third-order valence-corrected chi connectivity index (χ3v) is 2.25. The van der Waals surface area contributed by atoms with Crippen LogP contribution in [0, 0.1) is 0 Å². The van der Waals surface area contributed by atoms with E-state index in [1.807, 2.05) is 0 Å². The summed E-state index contributed by atoms with van der Waals surface area (Å²) in [6.07, 6.45) is -4.22. The van der Waals surface area contributed by atoms with E-state index in [-0.39, 0.29) is 6.54 Å². The Morgan fingerprint density at radius 2 is 1.87 bits per heavy atom. The zero-order valence-corrected chi connectivity index (χ0v) is 9.05. The predicted octanol–water partition coefficient (Wildman–Crippen LogP) is 3.65. The number of rotatable bonds is 3. The second-order valence-electron chi connectivity index (χ2n) is 2.95. The van der Waals surface area contributed by atoms with Gasteiger partial charge in [-0.1, -0.05) is 23.2 Å². The molecule has 1 nitrogen and oxygen atoms in total. The number of nitrogens with one attached hydrogen (secondary N) is 1. The smallest absolute Gasteiger partial charge is 0.305 e. The highest BCUT2D eigenvalue weighted by Crippen LogP contribution is 2.20. The molecule has 0 fully saturated rings. The van der Waals surface area contributed by atoms with E-state index in [0.717, 1.165) is 0 Å². The van der Waals surface area contributed by atoms with Gasteiger partial charge in [-0.05, 0) is 23.8 Å². The van der Waals surface area contributed by atoms with Crippen LogP contribution in [0.2, 0.25) is 10.0 Å². The van der Waals surface area contributed by atoms with Crippen LogP contribution in [0.3, 0.4) is 0 Å². The highest BCUT2D eigenvalue weighted by molar-refractivity contribution is 6.33. The molecule has 0 aliphatic carbocycles. The van der Waals surface area contributed by atoms with Crippen molar-refractivity contribution in [2.24, 2.45) is 0 Å². The molecule has 0 unspecified atom stereocenters. The van der Waals surface area contributed by atoms with E-state index < -0.39 is 12.7 Å². The molecule has 0 spiro atoms. The Bertz CT molecular complexity index is 339. The van der Waals surface area contributed by atoms with Gasteiger partial charge in [0.15, 0.2) is 0 Å². The number of hydrogen-bond acceptors (Lipinski definition) is 1. The molecule has 0 saturated heterocycles. The Hall–Kier alpha value is -0.450. The summed E-state index contributed by atoms with van der Waals surface area (Å²) in [7, 11) is 0. The molecule has 1 rings (SSSR count). The van der Waals surface area contributed by atoms with Crippen LogP contribution in [-0.4, -0.2) is 12.7 Å². The summed E-state index contributed by atoms with van der Waals surface area (Å²) in [6.45, 7) is -1.01. The maximum absolute atomic E-state index is 11.8. The minimum absolute atomic E-state index is 0.0406. The quantitative estimate of drug-likeness (QED) is 0.872. The van der Waals surface area contributed by atoms with Gasteiger partial charge < -0.3 is 5.32 Å². The number of alkyl halides is 3. The summed E-state index contributed by atoms with van der Waals surface area (Å²) < 4.78 is 35.4. The van der Waals surface area contributed by atoms with Gasteiger partial charge in [-0.3, -0.25) is 0 Å². The van der Waals surface area contributed by atoms with Crippen molar-refractivity contribution in [1.29, 1.82) is 0 Å². The molecule has 0 bridgehead atoms. The first-order valence-corrected chi connectivity index (χ1v) is 4.85. The van der Waals surface area contributed by atoms with Gasteiger partial charge in [0.25, 0.3) is 0 Å². The Morgan fingerprint density at radius 1 is 1.20 bits per heavy atom. The summed E-state index contributed by atoms with van der Waals surface area (Å²) in [4.78, 5) is 0. The lowest BCUT2D eigenvalue weighted by Crippen LogP contribution is -2.28. The van der Waals surface area contributed by atoms with Crippen LogP contribution in [0.5, 0.6) is 0 Å². The molecule has 0 amide bonds. The third kappa shape index (κ3) is 4.73. The van der Waals surface area contributed by atoms with Crippen LogP contribution in [-0.2, 0) is 6.54 Å². The molecule has 1 aromatic carbocycles. The van der Waals surface area contributed by atoms with Crippen molar-refractivity contribution >= 4 is 23.2 Å². The lowest BCUT2D eigenvalue weighted by Gasteiger charge is -2.09. The summed E-state index contributed by atoms with van der Waals surface area (Å²) in [5.41, 5.74) is 0.549. The molecule has 0 heterocycles. The molecular formula is C9H8Cl2F3N. The van der Waals surface area contributed by atoms with Gasteiger partial charge in [-0.15, -0.1) is 0 Å². The van der Waals surface area contributed by atoms with Gasteiger partial charge in [0, 0.05) is 16.6 Å². The topological polar surface area (TPSA) is 12.0 Å². The molecule has 0 saturated carbocycles. The maximum atomic E-state index is 11.8. The van der Waals surface area contributed by atoms with Crippen molar-refractivity contribution in [1.82, 2.24) is 5.32 Å². The van der Waals surface area contributed by atoms with Crippen LogP contribution in [0.25, 0.3) is 0 Å². The minimum Gasteiger partial charge on any atom is -0.305 e. The van der Waals surface area contributed by atoms with Gasteiger partial charge in [0.2, 0.25) is 0 Å². The van der Waals surface area contributed by atoms with E-state index in [1.54, 1.807) is 12.1 Å². The first kappa shape index (κ1) is 12.6. The van der Waals surface area contributed by atoms with Gasteiger partial charge >= 0.3 is 6.18 Å².